The van der Waals surface area contributed by atoms with Crippen molar-refractivity contribution in [2.45, 2.75) is 0 Å². The van der Waals surface area contributed by atoms with Crippen LogP contribution in [-0.2, 0) is 0 Å². The van der Waals surface area contributed by atoms with Crippen LogP contribution in [0.5, 0.6) is 0 Å². The monoisotopic (exact) mass is 764 g/mol. The molecule has 282 valence electrons. The van der Waals surface area contributed by atoms with Crippen molar-refractivity contribution in [2.75, 3.05) is 4.90 Å². The number of anilines is 3. The molecule has 0 aliphatic heterocycles. The third kappa shape index (κ3) is 6.32. The fourth-order valence-corrected chi connectivity index (χ4v) is 8.91. The number of hydrogen-bond donors (Lipinski definition) is 0. The summed E-state index contributed by atoms with van der Waals surface area (Å²) in [5.41, 5.74) is 16.1. The molecular formula is C58H40N2. The molecule has 0 amide bonds. The summed E-state index contributed by atoms with van der Waals surface area (Å²) in [7, 11) is 0. The van der Waals surface area contributed by atoms with Crippen LogP contribution in [0.3, 0.4) is 0 Å². The van der Waals surface area contributed by atoms with Crippen LogP contribution in [0.1, 0.15) is 0 Å². The zero-order chi connectivity index (χ0) is 39.8. The largest absolute Gasteiger partial charge is 0.309 e. The molecule has 0 fully saturated rings. The van der Waals surface area contributed by atoms with E-state index in [0.29, 0.717) is 0 Å². The quantitative estimate of drug-likeness (QED) is 0.150. The van der Waals surface area contributed by atoms with Crippen LogP contribution >= 0.6 is 0 Å². The zero-order valence-electron chi connectivity index (χ0n) is 33.0. The minimum atomic E-state index is 1.08. The predicted octanol–water partition coefficient (Wildman–Crippen LogP) is 16.1. The molecule has 0 saturated heterocycles. The van der Waals surface area contributed by atoms with Gasteiger partial charge in [-0.05, 0) is 116 Å². The summed E-state index contributed by atoms with van der Waals surface area (Å²) in [6.45, 7) is 0. The highest BCUT2D eigenvalue weighted by Gasteiger charge is 2.24. The number of aromatic nitrogens is 1. The van der Waals surface area contributed by atoms with Gasteiger partial charge in [0.05, 0.1) is 22.4 Å². The van der Waals surface area contributed by atoms with Crippen molar-refractivity contribution in [3.63, 3.8) is 0 Å². The maximum atomic E-state index is 2.51. The number of fused-ring (bicyclic) bond motifs is 4. The Hall–Kier alpha value is -7.94. The fraction of sp³-hybridized carbons (Fsp3) is 0. The first-order chi connectivity index (χ1) is 29.8. The van der Waals surface area contributed by atoms with Crippen molar-refractivity contribution < 1.29 is 0 Å². The van der Waals surface area contributed by atoms with Gasteiger partial charge in [0, 0.05) is 27.7 Å². The number of para-hydroxylation sites is 2. The van der Waals surface area contributed by atoms with Crippen LogP contribution in [-0.4, -0.2) is 4.57 Å². The van der Waals surface area contributed by atoms with E-state index in [4.69, 9.17) is 0 Å². The van der Waals surface area contributed by atoms with Crippen molar-refractivity contribution in [1.29, 1.82) is 0 Å². The predicted molar refractivity (Wildman–Crippen MR) is 255 cm³/mol. The molecule has 0 saturated carbocycles. The molecule has 1 aromatic heterocycles. The smallest absolute Gasteiger partial charge is 0.0562 e. The van der Waals surface area contributed by atoms with Gasteiger partial charge in [-0.2, -0.15) is 0 Å². The lowest BCUT2D eigenvalue weighted by molar-refractivity contribution is 1.18. The zero-order valence-corrected chi connectivity index (χ0v) is 33.0. The Morgan fingerprint density at radius 2 is 0.850 bits per heavy atom. The first-order valence-corrected chi connectivity index (χ1v) is 20.6. The van der Waals surface area contributed by atoms with Gasteiger partial charge < -0.3 is 9.47 Å². The van der Waals surface area contributed by atoms with E-state index >= 15 is 0 Å². The van der Waals surface area contributed by atoms with E-state index in [1.54, 1.807) is 0 Å². The van der Waals surface area contributed by atoms with Crippen molar-refractivity contribution in [2.24, 2.45) is 0 Å². The maximum absolute atomic E-state index is 2.51. The number of benzene rings is 10. The molecule has 11 aromatic rings. The molecule has 10 aromatic carbocycles. The lowest BCUT2D eigenvalue weighted by Crippen LogP contribution is -2.12. The van der Waals surface area contributed by atoms with E-state index in [-0.39, 0.29) is 0 Å². The number of nitrogens with zero attached hydrogens (tertiary/aromatic N) is 2. The van der Waals surface area contributed by atoms with Crippen LogP contribution in [0, 0.1) is 0 Å². The van der Waals surface area contributed by atoms with Gasteiger partial charge in [0.1, 0.15) is 0 Å². The first kappa shape index (κ1) is 35.2. The SMILES string of the molecule is c1ccc(-c2cc(-c3ccccc3)cc(N(c3ccc(-c4ccc5ccccc5c4)cc3-c3ccccc3)c3cccc4c3c3ccccc3n4-c3ccccc3)c2)cc1. The van der Waals surface area contributed by atoms with Crippen LogP contribution in [0.4, 0.5) is 17.1 Å². The van der Waals surface area contributed by atoms with Crippen LogP contribution in [0.25, 0.3) is 82.8 Å². The Kier molecular flexibility index (Phi) is 8.87. The lowest BCUT2D eigenvalue weighted by atomic mass is 9.94. The molecule has 0 atom stereocenters. The van der Waals surface area contributed by atoms with E-state index in [1.165, 1.54) is 49.3 Å². The van der Waals surface area contributed by atoms with E-state index in [2.05, 4.69) is 252 Å². The van der Waals surface area contributed by atoms with Crippen LogP contribution < -0.4 is 4.90 Å². The molecule has 2 nitrogen and oxygen atoms in total. The molecule has 1 heterocycles. The average molecular weight is 765 g/mol. The summed E-state index contributed by atoms with van der Waals surface area (Å²) in [6.07, 6.45) is 0. The van der Waals surface area contributed by atoms with E-state index in [0.717, 1.165) is 50.5 Å². The summed E-state index contributed by atoms with van der Waals surface area (Å²) in [6, 6.07) is 88.2. The van der Waals surface area contributed by atoms with E-state index in [1.807, 2.05) is 0 Å². The second-order valence-corrected chi connectivity index (χ2v) is 15.4. The minimum absolute atomic E-state index is 1.08. The highest BCUT2D eigenvalue weighted by Crippen LogP contribution is 2.49. The lowest BCUT2D eigenvalue weighted by Gasteiger charge is -2.30. The highest BCUT2D eigenvalue weighted by molar-refractivity contribution is 6.17. The van der Waals surface area contributed by atoms with Gasteiger partial charge in [0.15, 0.2) is 0 Å². The summed E-state index contributed by atoms with van der Waals surface area (Å²) in [4.78, 5) is 2.51. The van der Waals surface area contributed by atoms with Crippen molar-refractivity contribution in [3.05, 3.63) is 243 Å². The van der Waals surface area contributed by atoms with E-state index < -0.39 is 0 Å². The van der Waals surface area contributed by atoms with Gasteiger partial charge in [0.2, 0.25) is 0 Å². The van der Waals surface area contributed by atoms with Crippen molar-refractivity contribution >= 4 is 49.6 Å². The second kappa shape index (κ2) is 15.1. The highest BCUT2D eigenvalue weighted by atomic mass is 15.2. The molecule has 0 unspecified atom stereocenters. The first-order valence-electron chi connectivity index (χ1n) is 20.6. The molecule has 60 heavy (non-hydrogen) atoms. The van der Waals surface area contributed by atoms with Crippen molar-refractivity contribution in [3.8, 4) is 50.2 Å². The van der Waals surface area contributed by atoms with Gasteiger partial charge >= 0.3 is 0 Å². The molecule has 0 aliphatic carbocycles. The Morgan fingerprint density at radius 1 is 0.300 bits per heavy atom. The number of hydrogen-bond acceptors (Lipinski definition) is 1. The fourth-order valence-electron chi connectivity index (χ4n) is 8.91. The summed E-state index contributed by atoms with van der Waals surface area (Å²) in [5, 5.41) is 4.87. The van der Waals surface area contributed by atoms with Gasteiger partial charge in [-0.25, -0.2) is 0 Å². The van der Waals surface area contributed by atoms with Crippen molar-refractivity contribution in [1.82, 2.24) is 4.57 Å². The number of rotatable bonds is 8. The van der Waals surface area contributed by atoms with Gasteiger partial charge in [0.25, 0.3) is 0 Å². The standard InChI is InChI=1S/C58H40N2/c1-5-18-41(19-6-1)48-37-49(42-20-7-2-8-21-42)39-51(38-48)60(57-31-17-30-56-58(57)52-28-15-16-29-54(52)59(56)50-26-11-4-12-27-50)55-35-34-47(40-53(55)44-23-9-3-10-24-44)46-33-32-43-22-13-14-25-45(43)36-46/h1-40H. The summed E-state index contributed by atoms with van der Waals surface area (Å²) in [5.74, 6) is 0. The molecule has 11 rings (SSSR count). The maximum Gasteiger partial charge on any atom is 0.0562 e. The second-order valence-electron chi connectivity index (χ2n) is 15.4. The molecular weight excluding hydrogens is 725 g/mol. The molecule has 0 bridgehead atoms. The summed E-state index contributed by atoms with van der Waals surface area (Å²) >= 11 is 0. The Morgan fingerprint density at radius 3 is 1.55 bits per heavy atom. The van der Waals surface area contributed by atoms with Gasteiger partial charge in [-0.1, -0.05) is 176 Å². The van der Waals surface area contributed by atoms with Gasteiger partial charge in [-0.3, -0.25) is 0 Å². The Bertz CT molecular complexity index is 3240. The van der Waals surface area contributed by atoms with Gasteiger partial charge in [-0.15, -0.1) is 0 Å². The van der Waals surface area contributed by atoms with E-state index in [9.17, 15) is 0 Å². The molecule has 2 heteroatoms. The van der Waals surface area contributed by atoms with Crippen LogP contribution in [0.15, 0.2) is 243 Å². The molecule has 0 radical (unpaired) electrons. The Balaban J connectivity index is 1.24. The third-order valence-corrected chi connectivity index (χ3v) is 11.7. The molecule has 0 N–H and O–H groups in total. The minimum Gasteiger partial charge on any atom is -0.309 e. The van der Waals surface area contributed by atoms with Crippen LogP contribution in [0.2, 0.25) is 0 Å². The third-order valence-electron chi connectivity index (χ3n) is 11.7. The average Bonchev–Trinajstić information content (AvgIpc) is 3.68. The normalized spacial score (nSPS) is 11.3. The topological polar surface area (TPSA) is 8.17 Å². The molecule has 0 spiro atoms. The summed E-state index contributed by atoms with van der Waals surface area (Å²) < 4.78 is 2.41. The molecule has 0 aliphatic rings. The Labute approximate surface area is 350 Å².